The topological polar surface area (TPSA) is 110 Å². The predicted octanol–water partition coefficient (Wildman–Crippen LogP) is 5.52. The fraction of sp³-hybridized carbons (Fsp3) is 0.167. The van der Waals surface area contributed by atoms with Crippen LogP contribution < -0.4 is 5.56 Å². The highest BCUT2D eigenvalue weighted by Crippen LogP contribution is 2.35. The number of aryl methyl sites for hydroxylation is 1. The molecule has 4 aromatic carbocycles. The molecule has 226 valence electrons. The maximum atomic E-state index is 13.8. The number of fused-ring (bicyclic) bond motifs is 1. The molecule has 1 saturated heterocycles. The van der Waals surface area contributed by atoms with E-state index in [-0.39, 0.29) is 17.7 Å². The van der Waals surface area contributed by atoms with E-state index in [0.717, 1.165) is 10.9 Å². The minimum absolute atomic E-state index is 0.255. The summed E-state index contributed by atoms with van der Waals surface area (Å²) >= 11 is 0. The lowest BCUT2D eigenvalue weighted by Gasteiger charge is -2.25. The van der Waals surface area contributed by atoms with E-state index in [9.17, 15) is 19.2 Å². The van der Waals surface area contributed by atoms with Crippen LogP contribution in [0.25, 0.3) is 10.8 Å². The molecule has 0 unspecified atom stereocenters. The van der Waals surface area contributed by atoms with Crippen molar-refractivity contribution in [3.8, 4) is 0 Å². The third-order valence-corrected chi connectivity index (χ3v) is 7.60. The van der Waals surface area contributed by atoms with E-state index >= 15 is 0 Å². The number of esters is 3. The van der Waals surface area contributed by atoms with E-state index in [2.05, 4.69) is 0 Å². The molecule has 1 aliphatic heterocycles. The van der Waals surface area contributed by atoms with E-state index in [4.69, 9.17) is 18.9 Å². The van der Waals surface area contributed by atoms with Gasteiger partial charge < -0.3 is 18.9 Å². The Bertz CT molecular complexity index is 1890. The van der Waals surface area contributed by atoms with Gasteiger partial charge >= 0.3 is 17.9 Å². The Morgan fingerprint density at radius 3 is 1.67 bits per heavy atom. The van der Waals surface area contributed by atoms with Crippen LogP contribution in [0.5, 0.6) is 0 Å². The summed E-state index contributed by atoms with van der Waals surface area (Å²) in [6, 6.07) is 32.2. The first-order valence-electron chi connectivity index (χ1n) is 14.4. The van der Waals surface area contributed by atoms with Gasteiger partial charge in [0, 0.05) is 11.6 Å². The number of rotatable bonds is 8. The SMILES string of the molecule is Cc1cn([C@@H]2O[C@H](COC(=O)c3ccccc3)[C@H](OC(=O)c3ccccc3)[C@H]2OC(=O)c2ccccc2)c(=O)c2ccccc12. The zero-order valence-corrected chi connectivity index (χ0v) is 24.3. The van der Waals surface area contributed by atoms with Crippen molar-refractivity contribution in [1.29, 1.82) is 0 Å². The lowest BCUT2D eigenvalue weighted by molar-refractivity contribution is -0.0633. The maximum Gasteiger partial charge on any atom is 0.338 e. The minimum atomic E-state index is -1.29. The van der Waals surface area contributed by atoms with Crippen molar-refractivity contribution in [2.75, 3.05) is 6.61 Å². The molecule has 0 amide bonds. The molecule has 2 heterocycles. The highest BCUT2D eigenvalue weighted by Gasteiger charge is 2.51. The smallest absolute Gasteiger partial charge is 0.338 e. The van der Waals surface area contributed by atoms with Crippen LogP contribution in [0.2, 0.25) is 0 Å². The van der Waals surface area contributed by atoms with Gasteiger partial charge in [-0.2, -0.15) is 0 Å². The molecule has 1 aromatic heterocycles. The molecule has 0 aliphatic carbocycles. The number of aromatic nitrogens is 1. The van der Waals surface area contributed by atoms with Crippen LogP contribution in [-0.2, 0) is 18.9 Å². The van der Waals surface area contributed by atoms with Crippen LogP contribution in [0.4, 0.5) is 0 Å². The Morgan fingerprint density at radius 1 is 0.644 bits per heavy atom. The summed E-state index contributed by atoms with van der Waals surface area (Å²) in [7, 11) is 0. The number of ether oxygens (including phenoxy) is 4. The number of benzene rings is 4. The third kappa shape index (κ3) is 6.25. The largest absolute Gasteiger partial charge is 0.459 e. The van der Waals surface area contributed by atoms with Crippen molar-refractivity contribution >= 4 is 28.7 Å². The highest BCUT2D eigenvalue weighted by molar-refractivity contribution is 5.91. The van der Waals surface area contributed by atoms with Crippen molar-refractivity contribution in [1.82, 2.24) is 4.57 Å². The molecule has 6 rings (SSSR count). The van der Waals surface area contributed by atoms with Crippen LogP contribution in [-0.4, -0.2) is 47.4 Å². The standard InChI is InChI=1S/C36H29NO8/c1-23-21-37(32(38)28-20-12-11-19-27(23)28)33-31(45-36(41)26-17-9-4-10-18-26)30(44-35(40)25-15-7-3-8-16-25)29(43-33)22-42-34(39)24-13-5-2-6-14-24/h2-21,29-31,33H,22H2,1H3/t29-,30+,31-,33-/m1/s1. The maximum absolute atomic E-state index is 13.8. The Morgan fingerprint density at radius 2 is 1.11 bits per heavy atom. The molecular formula is C36H29NO8. The summed E-state index contributed by atoms with van der Waals surface area (Å²) in [6.45, 7) is 1.50. The number of carbonyl (C=O) groups excluding carboxylic acids is 3. The molecular weight excluding hydrogens is 574 g/mol. The van der Waals surface area contributed by atoms with E-state index in [1.54, 1.807) is 109 Å². The van der Waals surface area contributed by atoms with Gasteiger partial charge in [0.05, 0.1) is 16.7 Å². The quantitative estimate of drug-likeness (QED) is 0.169. The molecule has 5 aromatic rings. The number of nitrogens with zero attached hydrogens (tertiary/aromatic N) is 1. The van der Waals surface area contributed by atoms with Gasteiger partial charge in [0.2, 0.25) is 0 Å². The van der Waals surface area contributed by atoms with E-state index in [0.29, 0.717) is 10.9 Å². The minimum Gasteiger partial charge on any atom is -0.459 e. The van der Waals surface area contributed by atoms with Crippen LogP contribution in [0.3, 0.4) is 0 Å². The highest BCUT2D eigenvalue weighted by atomic mass is 16.7. The zero-order chi connectivity index (χ0) is 31.3. The first-order chi connectivity index (χ1) is 21.9. The first-order valence-corrected chi connectivity index (χ1v) is 14.4. The molecule has 1 aliphatic rings. The molecule has 4 atom stereocenters. The summed E-state index contributed by atoms with van der Waals surface area (Å²) in [4.78, 5) is 53.5. The van der Waals surface area contributed by atoms with Gasteiger partial charge in [0.15, 0.2) is 18.4 Å². The van der Waals surface area contributed by atoms with E-state index in [1.165, 1.54) is 4.57 Å². The first kappa shape index (κ1) is 29.5. The Kier molecular flexibility index (Phi) is 8.52. The zero-order valence-electron chi connectivity index (χ0n) is 24.3. The second kappa shape index (κ2) is 13.0. The fourth-order valence-electron chi connectivity index (χ4n) is 5.36. The normalized spacial score (nSPS) is 19.1. The Labute approximate surface area is 258 Å². The Hall–Kier alpha value is -5.54. The van der Waals surface area contributed by atoms with Crippen LogP contribution in [0, 0.1) is 6.92 Å². The van der Waals surface area contributed by atoms with Gasteiger partial charge in [0.25, 0.3) is 5.56 Å². The van der Waals surface area contributed by atoms with E-state index in [1.807, 2.05) is 19.1 Å². The number of hydrogen-bond donors (Lipinski definition) is 0. The molecule has 0 bridgehead atoms. The molecule has 9 heteroatoms. The summed E-state index contributed by atoms with van der Waals surface area (Å²) in [6.07, 6.45) is -3.24. The number of hydrogen-bond acceptors (Lipinski definition) is 8. The average molecular weight is 604 g/mol. The lowest BCUT2D eigenvalue weighted by atomic mass is 10.1. The molecule has 9 nitrogen and oxygen atoms in total. The predicted molar refractivity (Wildman–Crippen MR) is 165 cm³/mol. The molecule has 0 saturated carbocycles. The van der Waals surface area contributed by atoms with Gasteiger partial charge in [-0.3, -0.25) is 9.36 Å². The summed E-state index contributed by atoms with van der Waals surface area (Å²) in [5.41, 5.74) is 1.22. The van der Waals surface area contributed by atoms with Gasteiger partial charge in [-0.05, 0) is 60.3 Å². The molecule has 0 radical (unpaired) electrons. The third-order valence-electron chi connectivity index (χ3n) is 7.60. The molecule has 0 spiro atoms. The monoisotopic (exact) mass is 603 g/mol. The van der Waals surface area contributed by atoms with E-state index < -0.39 is 48.0 Å². The van der Waals surface area contributed by atoms with Crippen LogP contribution >= 0.6 is 0 Å². The average Bonchev–Trinajstić information content (AvgIpc) is 3.42. The van der Waals surface area contributed by atoms with Gasteiger partial charge in [-0.25, -0.2) is 14.4 Å². The van der Waals surface area contributed by atoms with Crippen LogP contribution in [0.1, 0.15) is 42.9 Å². The second-order valence-electron chi connectivity index (χ2n) is 10.6. The lowest BCUT2D eigenvalue weighted by Crippen LogP contribution is -2.42. The van der Waals surface area contributed by atoms with Crippen molar-refractivity contribution in [2.24, 2.45) is 0 Å². The van der Waals surface area contributed by atoms with Crippen LogP contribution in [0.15, 0.2) is 126 Å². The summed E-state index contributed by atoms with van der Waals surface area (Å²) < 4.78 is 25.2. The molecule has 0 N–H and O–H groups in total. The van der Waals surface area contributed by atoms with Crippen molar-refractivity contribution in [3.05, 3.63) is 154 Å². The van der Waals surface area contributed by atoms with Crippen molar-refractivity contribution in [3.63, 3.8) is 0 Å². The summed E-state index contributed by atoms with van der Waals surface area (Å²) in [5.74, 6) is -2.03. The summed E-state index contributed by atoms with van der Waals surface area (Å²) in [5, 5.41) is 1.20. The van der Waals surface area contributed by atoms with Gasteiger partial charge in [-0.15, -0.1) is 0 Å². The fourth-order valence-corrected chi connectivity index (χ4v) is 5.36. The molecule has 45 heavy (non-hydrogen) atoms. The number of pyridine rings is 1. The molecule has 1 fully saturated rings. The second-order valence-corrected chi connectivity index (χ2v) is 10.6. The number of carbonyl (C=O) groups is 3. The van der Waals surface area contributed by atoms with Crippen molar-refractivity contribution < 1.29 is 33.3 Å². The van der Waals surface area contributed by atoms with Gasteiger partial charge in [0.1, 0.15) is 12.7 Å². The Balaban J connectivity index is 1.41. The van der Waals surface area contributed by atoms with Gasteiger partial charge in [-0.1, -0.05) is 72.8 Å². The van der Waals surface area contributed by atoms with Crippen molar-refractivity contribution in [2.45, 2.75) is 31.5 Å².